The number of carbonyl (C=O) groups is 1. The van der Waals surface area contributed by atoms with E-state index in [4.69, 9.17) is 5.73 Å². The highest BCUT2D eigenvalue weighted by atomic mass is 32.2. The van der Waals surface area contributed by atoms with E-state index in [0.29, 0.717) is 17.8 Å². The number of anilines is 1. The van der Waals surface area contributed by atoms with Gasteiger partial charge in [0.1, 0.15) is 5.82 Å². The molecule has 1 aliphatic heterocycles. The number of carbonyl (C=O) groups excluding carboxylic acids is 1. The van der Waals surface area contributed by atoms with Crippen LogP contribution in [0.3, 0.4) is 0 Å². The monoisotopic (exact) mass is 477 g/mol. The second kappa shape index (κ2) is 9.04. The number of ketones is 1. The Morgan fingerprint density at radius 2 is 2.00 bits per heavy atom. The molecule has 2 aromatic rings. The highest BCUT2D eigenvalue weighted by Crippen LogP contribution is 2.52. The van der Waals surface area contributed by atoms with Gasteiger partial charge in [-0.2, -0.15) is 5.26 Å². The van der Waals surface area contributed by atoms with E-state index in [1.807, 2.05) is 36.1 Å². The summed E-state index contributed by atoms with van der Waals surface area (Å²) in [6.45, 7) is 10.6. The zero-order chi connectivity index (χ0) is 23.9. The van der Waals surface area contributed by atoms with Gasteiger partial charge in [0.2, 0.25) is 0 Å². The molecule has 4 rings (SSSR count). The Hall–Kier alpha value is -2.49. The molecule has 0 bridgehead atoms. The lowest BCUT2D eigenvalue weighted by molar-refractivity contribution is -0.118. The number of nitrogens with two attached hydrogens (primary N) is 1. The van der Waals surface area contributed by atoms with Crippen LogP contribution in [-0.4, -0.2) is 11.5 Å². The maximum absolute atomic E-state index is 13.7. The van der Waals surface area contributed by atoms with Crippen LogP contribution >= 0.6 is 23.1 Å². The number of thiophene rings is 1. The molecule has 2 N–H and O–H groups in total. The van der Waals surface area contributed by atoms with Crippen LogP contribution in [0, 0.1) is 23.7 Å². The largest absolute Gasteiger partial charge is 0.384 e. The third-order valence-corrected chi connectivity index (χ3v) is 8.93. The first-order valence-electron chi connectivity index (χ1n) is 11.5. The van der Waals surface area contributed by atoms with Crippen LogP contribution < -0.4 is 10.6 Å². The van der Waals surface area contributed by atoms with E-state index in [1.54, 1.807) is 23.1 Å². The van der Waals surface area contributed by atoms with Gasteiger partial charge >= 0.3 is 0 Å². The number of rotatable bonds is 5. The van der Waals surface area contributed by atoms with Gasteiger partial charge in [0.15, 0.2) is 5.78 Å². The number of aryl methyl sites for hydroxylation is 2. The van der Waals surface area contributed by atoms with Crippen LogP contribution in [0.4, 0.5) is 5.69 Å². The van der Waals surface area contributed by atoms with Crippen molar-refractivity contribution < 1.29 is 4.79 Å². The van der Waals surface area contributed by atoms with Crippen molar-refractivity contribution in [1.29, 1.82) is 5.26 Å². The van der Waals surface area contributed by atoms with Gasteiger partial charge in [0, 0.05) is 22.6 Å². The molecule has 6 heteroatoms. The van der Waals surface area contributed by atoms with Crippen LogP contribution in [0.15, 0.2) is 57.2 Å². The van der Waals surface area contributed by atoms with E-state index in [1.165, 1.54) is 9.09 Å². The Labute approximate surface area is 205 Å². The number of allylic oxidation sites excluding steroid dienone is 3. The lowest BCUT2D eigenvalue weighted by Crippen LogP contribution is -2.42. The summed E-state index contributed by atoms with van der Waals surface area (Å²) in [4.78, 5) is 17.0. The molecule has 1 aromatic carbocycles. The van der Waals surface area contributed by atoms with Gasteiger partial charge in [-0.25, -0.2) is 0 Å². The molecule has 0 saturated carbocycles. The topological polar surface area (TPSA) is 70.1 Å². The number of nitriles is 1. The number of nitrogens with zero attached hydrogens (tertiary/aromatic N) is 2. The minimum atomic E-state index is -0.403. The van der Waals surface area contributed by atoms with Gasteiger partial charge in [-0.1, -0.05) is 45.9 Å². The van der Waals surface area contributed by atoms with Crippen molar-refractivity contribution in [2.75, 3.05) is 10.7 Å². The highest BCUT2D eigenvalue weighted by molar-refractivity contribution is 8.01. The molecule has 2 heterocycles. The van der Waals surface area contributed by atoms with Crippen LogP contribution in [-0.2, 0) is 11.2 Å². The summed E-state index contributed by atoms with van der Waals surface area (Å²) in [5, 5.41) is 10.3. The van der Waals surface area contributed by atoms with Crippen molar-refractivity contribution in [3.05, 3.63) is 69.0 Å². The van der Waals surface area contributed by atoms with Gasteiger partial charge in [0.25, 0.3) is 0 Å². The third-order valence-electron chi connectivity index (χ3n) is 6.45. The molecule has 0 amide bonds. The first kappa shape index (κ1) is 23.7. The number of Topliss-reactive ketones (excluding diaryl/α,β-unsaturated/α-hetero) is 1. The Kier molecular flexibility index (Phi) is 6.48. The van der Waals surface area contributed by atoms with E-state index < -0.39 is 5.92 Å². The molecule has 0 spiro atoms. The summed E-state index contributed by atoms with van der Waals surface area (Å²) in [5.41, 5.74) is 11.9. The molecule has 4 nitrogen and oxygen atoms in total. The molecule has 0 unspecified atom stereocenters. The molecule has 2 aliphatic rings. The molecular weight excluding hydrogens is 446 g/mol. The summed E-state index contributed by atoms with van der Waals surface area (Å²) in [6.07, 6.45) is 2.14. The molecule has 0 saturated heterocycles. The number of hydrogen-bond donors (Lipinski definition) is 1. The maximum Gasteiger partial charge on any atom is 0.162 e. The van der Waals surface area contributed by atoms with E-state index in [2.05, 4.69) is 39.8 Å². The molecule has 0 fully saturated rings. The van der Waals surface area contributed by atoms with Crippen LogP contribution in [0.1, 0.15) is 62.5 Å². The first-order chi connectivity index (χ1) is 15.7. The first-order valence-corrected chi connectivity index (χ1v) is 13.3. The van der Waals surface area contributed by atoms with Gasteiger partial charge in [0.05, 0.1) is 27.5 Å². The normalized spacial score (nSPS) is 20.2. The Bertz CT molecular complexity index is 1210. The molecule has 1 aliphatic carbocycles. The minimum Gasteiger partial charge on any atom is -0.384 e. The highest BCUT2D eigenvalue weighted by Gasteiger charge is 2.45. The van der Waals surface area contributed by atoms with Crippen molar-refractivity contribution in [2.24, 2.45) is 11.1 Å². The van der Waals surface area contributed by atoms with Gasteiger partial charge in [-0.15, -0.1) is 23.1 Å². The summed E-state index contributed by atoms with van der Waals surface area (Å²) in [5.74, 6) is 1.10. The van der Waals surface area contributed by atoms with E-state index in [9.17, 15) is 10.1 Å². The summed E-state index contributed by atoms with van der Waals surface area (Å²) < 4.78 is 1.19. The zero-order valence-electron chi connectivity index (χ0n) is 20.0. The fraction of sp³-hybridized carbons (Fsp3) is 0.407. The molecule has 1 aromatic heterocycles. The predicted molar refractivity (Wildman–Crippen MR) is 138 cm³/mol. The fourth-order valence-electron chi connectivity index (χ4n) is 4.97. The summed E-state index contributed by atoms with van der Waals surface area (Å²) in [6, 6.07) is 12.6. The summed E-state index contributed by atoms with van der Waals surface area (Å²) >= 11 is 3.56. The minimum absolute atomic E-state index is 0.127. The Morgan fingerprint density at radius 3 is 2.64 bits per heavy atom. The molecular formula is C27H31N3OS2. The van der Waals surface area contributed by atoms with Gasteiger partial charge in [-0.05, 0) is 54.2 Å². The van der Waals surface area contributed by atoms with E-state index in [0.717, 1.165) is 46.7 Å². The zero-order valence-corrected chi connectivity index (χ0v) is 21.6. The van der Waals surface area contributed by atoms with E-state index >= 15 is 0 Å². The summed E-state index contributed by atoms with van der Waals surface area (Å²) in [7, 11) is 0. The van der Waals surface area contributed by atoms with Crippen molar-refractivity contribution >= 4 is 34.6 Å². The van der Waals surface area contributed by atoms with Crippen molar-refractivity contribution in [1.82, 2.24) is 0 Å². The molecule has 172 valence electrons. The molecule has 33 heavy (non-hydrogen) atoms. The second-order valence-electron chi connectivity index (χ2n) is 9.51. The van der Waals surface area contributed by atoms with Crippen LogP contribution in [0.25, 0.3) is 0 Å². The van der Waals surface area contributed by atoms with Crippen molar-refractivity contribution in [2.45, 2.75) is 64.0 Å². The Morgan fingerprint density at radius 1 is 1.27 bits per heavy atom. The number of benzene rings is 1. The molecule has 1 atom stereocenters. The van der Waals surface area contributed by atoms with Crippen LogP contribution in [0.5, 0.6) is 0 Å². The molecule has 0 radical (unpaired) electrons. The third kappa shape index (κ3) is 4.13. The maximum atomic E-state index is 13.7. The quantitative estimate of drug-likeness (QED) is 0.487. The lowest BCUT2D eigenvalue weighted by atomic mass is 9.69. The number of para-hydroxylation sites is 1. The van der Waals surface area contributed by atoms with E-state index in [-0.39, 0.29) is 11.2 Å². The fourth-order valence-corrected chi connectivity index (χ4v) is 7.35. The standard InChI is InChI=1S/C27H31N3OS2/c1-6-17-12-18(26(33-17)32-7-2)23-19(15-28)25(29)30(20-11-9-8-10-16(20)3)21-13-27(4,5)14-22(31)24(21)23/h8-12,23H,6-7,13-14,29H2,1-5H3/t23-/m0/s1. The smallest absolute Gasteiger partial charge is 0.162 e. The number of hydrogen-bond acceptors (Lipinski definition) is 6. The van der Waals surface area contributed by atoms with Crippen molar-refractivity contribution in [3.63, 3.8) is 0 Å². The predicted octanol–water partition coefficient (Wildman–Crippen LogP) is 6.67. The van der Waals surface area contributed by atoms with Gasteiger partial charge in [-0.3, -0.25) is 9.69 Å². The average Bonchev–Trinajstić information content (AvgIpc) is 3.16. The Balaban J connectivity index is 2.03. The SMILES string of the molecule is CCSc1sc(CC)cc1[C@H]1C(C#N)=C(N)N(c2ccccc2C)C2=C1C(=O)CC(C)(C)C2. The van der Waals surface area contributed by atoms with Crippen LogP contribution in [0.2, 0.25) is 0 Å². The lowest BCUT2D eigenvalue weighted by Gasteiger charge is -2.44. The van der Waals surface area contributed by atoms with Crippen molar-refractivity contribution in [3.8, 4) is 6.07 Å². The number of thioether (sulfide) groups is 1. The average molecular weight is 478 g/mol. The second-order valence-corrected chi connectivity index (χ2v) is 12.2. The van der Waals surface area contributed by atoms with Gasteiger partial charge < -0.3 is 5.73 Å².